The number of hydrogen-bond donors (Lipinski definition) is 1. The zero-order valence-corrected chi connectivity index (χ0v) is 25.8. The fourth-order valence-corrected chi connectivity index (χ4v) is 5.02. The predicted molar refractivity (Wildman–Crippen MR) is 155 cm³/mol. The summed E-state index contributed by atoms with van der Waals surface area (Å²) in [4.78, 5) is 35.6. The molecule has 3 aromatic rings. The molecule has 3 rings (SSSR count). The molecule has 0 aliphatic rings. The van der Waals surface area contributed by atoms with Crippen LogP contribution >= 0.6 is 47.8 Å². The van der Waals surface area contributed by atoms with Gasteiger partial charge in [0.15, 0.2) is 23.9 Å². The van der Waals surface area contributed by atoms with E-state index in [0.717, 1.165) is 0 Å². The molecule has 12 nitrogen and oxygen atoms in total. The highest BCUT2D eigenvalue weighted by Crippen LogP contribution is 2.39. The van der Waals surface area contributed by atoms with E-state index in [4.69, 9.17) is 23.7 Å². The summed E-state index contributed by atoms with van der Waals surface area (Å²) in [7, 11) is 4.30. The first-order valence-corrected chi connectivity index (χ1v) is 13.4. The van der Waals surface area contributed by atoms with Gasteiger partial charge in [0.2, 0.25) is 5.75 Å². The molecular formula is C25H20Br3N3O9. The molecule has 0 heterocycles. The van der Waals surface area contributed by atoms with Crippen molar-refractivity contribution in [2.75, 3.05) is 27.9 Å². The van der Waals surface area contributed by atoms with Gasteiger partial charge in [0, 0.05) is 22.2 Å². The van der Waals surface area contributed by atoms with Gasteiger partial charge in [-0.1, -0.05) is 15.9 Å². The van der Waals surface area contributed by atoms with E-state index in [1.807, 2.05) is 0 Å². The van der Waals surface area contributed by atoms with E-state index in [0.29, 0.717) is 24.7 Å². The van der Waals surface area contributed by atoms with Crippen LogP contribution in [-0.2, 0) is 4.79 Å². The molecule has 3 aromatic carbocycles. The van der Waals surface area contributed by atoms with Crippen LogP contribution in [0.25, 0.3) is 0 Å². The van der Waals surface area contributed by atoms with Crippen molar-refractivity contribution < 1.29 is 38.2 Å². The van der Waals surface area contributed by atoms with E-state index >= 15 is 0 Å². The minimum Gasteiger partial charge on any atom is -0.493 e. The minimum absolute atomic E-state index is 0.129. The van der Waals surface area contributed by atoms with Gasteiger partial charge in [-0.3, -0.25) is 14.9 Å². The van der Waals surface area contributed by atoms with Crippen molar-refractivity contribution in [2.24, 2.45) is 5.10 Å². The molecule has 0 bridgehead atoms. The molecule has 0 spiro atoms. The summed E-state index contributed by atoms with van der Waals surface area (Å²) in [5.41, 5.74) is 2.66. The maximum absolute atomic E-state index is 13.0. The molecule has 1 amide bonds. The van der Waals surface area contributed by atoms with Crippen molar-refractivity contribution in [3.8, 4) is 28.7 Å². The van der Waals surface area contributed by atoms with Crippen molar-refractivity contribution in [3.05, 3.63) is 77.1 Å². The summed E-state index contributed by atoms with van der Waals surface area (Å²) >= 11 is 9.92. The van der Waals surface area contributed by atoms with Crippen molar-refractivity contribution >= 4 is 71.6 Å². The number of carbonyl (C=O) groups is 2. The Labute approximate surface area is 253 Å². The van der Waals surface area contributed by atoms with E-state index in [1.54, 1.807) is 12.1 Å². The summed E-state index contributed by atoms with van der Waals surface area (Å²) in [6.45, 7) is -0.418. The number of hydrogen-bond acceptors (Lipinski definition) is 10. The normalized spacial score (nSPS) is 10.7. The lowest BCUT2D eigenvalue weighted by molar-refractivity contribution is -0.385. The molecule has 0 aromatic heterocycles. The molecule has 0 aliphatic carbocycles. The van der Waals surface area contributed by atoms with Gasteiger partial charge in [-0.2, -0.15) is 5.10 Å². The van der Waals surface area contributed by atoms with Crippen molar-refractivity contribution in [1.82, 2.24) is 5.43 Å². The summed E-state index contributed by atoms with van der Waals surface area (Å²) in [6.07, 6.45) is 1.28. The molecule has 15 heteroatoms. The van der Waals surface area contributed by atoms with Gasteiger partial charge in [0.05, 0.1) is 47.0 Å². The number of nitrogens with zero attached hydrogens (tertiary/aromatic N) is 2. The van der Waals surface area contributed by atoms with Gasteiger partial charge in [0.1, 0.15) is 5.75 Å². The van der Waals surface area contributed by atoms with Crippen LogP contribution in [0.15, 0.2) is 61.0 Å². The van der Waals surface area contributed by atoms with Gasteiger partial charge >= 0.3 is 5.97 Å². The van der Waals surface area contributed by atoms with Gasteiger partial charge < -0.3 is 23.7 Å². The van der Waals surface area contributed by atoms with Crippen LogP contribution in [0.5, 0.6) is 28.7 Å². The second-order valence-corrected chi connectivity index (χ2v) is 10.2. The number of methoxy groups -OCH3 is 3. The highest BCUT2D eigenvalue weighted by molar-refractivity contribution is 9.11. The maximum Gasteiger partial charge on any atom is 0.343 e. The lowest BCUT2D eigenvalue weighted by atomic mass is 10.1. The Kier molecular flexibility index (Phi) is 10.9. The van der Waals surface area contributed by atoms with Crippen molar-refractivity contribution in [3.63, 3.8) is 0 Å². The fraction of sp³-hybridized carbons (Fsp3) is 0.160. The summed E-state index contributed by atoms with van der Waals surface area (Å²) in [5.74, 6) is -0.0886. The molecule has 0 unspecified atom stereocenters. The highest BCUT2D eigenvalue weighted by atomic mass is 79.9. The molecule has 0 aliphatic heterocycles. The summed E-state index contributed by atoms with van der Waals surface area (Å²) in [5, 5.41) is 14.8. The van der Waals surface area contributed by atoms with Crippen LogP contribution in [-0.4, -0.2) is 51.0 Å². The number of esters is 1. The van der Waals surface area contributed by atoms with Crippen LogP contribution in [0, 0.1) is 10.1 Å². The number of nitrogens with one attached hydrogen (secondary N) is 1. The van der Waals surface area contributed by atoms with E-state index in [2.05, 4.69) is 58.3 Å². The topological polar surface area (TPSA) is 148 Å². The molecule has 1 N–H and O–H groups in total. The number of carbonyl (C=O) groups excluding carboxylic acids is 2. The van der Waals surface area contributed by atoms with Gasteiger partial charge in [-0.15, -0.1) is 0 Å². The summed E-state index contributed by atoms with van der Waals surface area (Å²) < 4.78 is 28.3. The first kappa shape index (κ1) is 30.8. The Morgan fingerprint density at radius 3 is 2.17 bits per heavy atom. The van der Waals surface area contributed by atoms with Crippen LogP contribution in [0.3, 0.4) is 0 Å². The van der Waals surface area contributed by atoms with E-state index in [-0.39, 0.29) is 34.2 Å². The zero-order valence-electron chi connectivity index (χ0n) is 21.0. The summed E-state index contributed by atoms with van der Waals surface area (Å²) in [6, 6.07) is 10.1. The van der Waals surface area contributed by atoms with Crippen LogP contribution < -0.4 is 29.1 Å². The Morgan fingerprint density at radius 2 is 1.60 bits per heavy atom. The SMILES string of the molecule is COc1cc(C(=O)Oc2c(Br)cc(Br)cc2/C=N/NC(=O)COc2ccc([N+](=O)[O-])cc2Br)cc(OC)c1OC. The first-order chi connectivity index (χ1) is 19.1. The van der Waals surface area contributed by atoms with E-state index in [9.17, 15) is 19.7 Å². The molecule has 0 atom stereocenters. The number of nitro groups is 1. The van der Waals surface area contributed by atoms with Crippen molar-refractivity contribution in [2.45, 2.75) is 0 Å². The molecule has 0 radical (unpaired) electrons. The minimum atomic E-state index is -0.719. The van der Waals surface area contributed by atoms with E-state index in [1.165, 1.54) is 57.9 Å². The largest absolute Gasteiger partial charge is 0.493 e. The molecule has 0 saturated heterocycles. The molecule has 0 fully saturated rings. The van der Waals surface area contributed by atoms with Gasteiger partial charge in [0.25, 0.3) is 11.6 Å². The number of nitro benzene ring substituents is 1. The Bertz CT molecular complexity index is 1460. The number of halogens is 3. The standard InChI is InChI=1S/C25H20Br3N3O9/c1-36-20-7-13(8-21(37-2)24(20)38-3)25(33)40-23-14(6-15(26)9-18(23)28)11-29-30-22(32)12-39-19-5-4-16(31(34)35)10-17(19)27/h4-11H,12H2,1-3H3,(H,30,32)/b29-11+. The molecular weight excluding hydrogens is 726 g/mol. The van der Waals surface area contributed by atoms with Crippen LogP contribution in [0.2, 0.25) is 0 Å². The average Bonchev–Trinajstić information content (AvgIpc) is 2.92. The van der Waals surface area contributed by atoms with Gasteiger partial charge in [-0.25, -0.2) is 10.2 Å². The quantitative estimate of drug-likeness (QED) is 0.0864. The third-order valence-corrected chi connectivity index (χ3v) is 6.68. The average molecular weight is 746 g/mol. The number of hydrazone groups is 1. The number of ether oxygens (including phenoxy) is 5. The Hall–Kier alpha value is -3.69. The molecule has 210 valence electrons. The number of benzene rings is 3. The Morgan fingerprint density at radius 1 is 0.925 bits per heavy atom. The van der Waals surface area contributed by atoms with Gasteiger partial charge in [-0.05, 0) is 62.2 Å². The Balaban J connectivity index is 1.74. The lowest BCUT2D eigenvalue weighted by Gasteiger charge is -2.15. The fourth-order valence-electron chi connectivity index (χ4n) is 3.20. The second kappa shape index (κ2) is 14.1. The number of rotatable bonds is 11. The molecule has 0 saturated carbocycles. The lowest BCUT2D eigenvalue weighted by Crippen LogP contribution is -2.24. The monoisotopic (exact) mass is 743 g/mol. The number of non-ortho nitro benzene ring substituents is 1. The molecule has 40 heavy (non-hydrogen) atoms. The number of amides is 1. The van der Waals surface area contributed by atoms with E-state index < -0.39 is 23.4 Å². The van der Waals surface area contributed by atoms with Crippen molar-refractivity contribution in [1.29, 1.82) is 0 Å². The maximum atomic E-state index is 13.0. The third-order valence-electron chi connectivity index (χ3n) is 5.01. The zero-order chi connectivity index (χ0) is 29.4. The second-order valence-electron chi connectivity index (χ2n) is 7.56. The predicted octanol–water partition coefficient (Wildman–Crippen LogP) is 5.66. The smallest absolute Gasteiger partial charge is 0.343 e. The highest BCUT2D eigenvalue weighted by Gasteiger charge is 2.21. The van der Waals surface area contributed by atoms with Crippen LogP contribution in [0.4, 0.5) is 5.69 Å². The third kappa shape index (κ3) is 7.70. The first-order valence-electron chi connectivity index (χ1n) is 11.0. The van der Waals surface area contributed by atoms with Crippen LogP contribution in [0.1, 0.15) is 15.9 Å².